The number of anilines is 1. The second-order valence-electron chi connectivity index (χ2n) is 6.97. The summed E-state index contributed by atoms with van der Waals surface area (Å²) in [7, 11) is 0. The fraction of sp³-hybridized carbons (Fsp3) is 0.474. The highest BCUT2D eigenvalue weighted by molar-refractivity contribution is 7.09. The molecule has 1 atom stereocenters. The molecule has 1 fully saturated rings. The Hall–Kier alpha value is -2.13. The summed E-state index contributed by atoms with van der Waals surface area (Å²) in [6.07, 6.45) is -3.81. The summed E-state index contributed by atoms with van der Waals surface area (Å²) in [5.74, 6) is -0.892. The van der Waals surface area contributed by atoms with Crippen LogP contribution >= 0.6 is 11.3 Å². The third-order valence-electron chi connectivity index (χ3n) is 4.76. The Labute approximate surface area is 165 Å². The van der Waals surface area contributed by atoms with E-state index in [-0.39, 0.29) is 6.54 Å². The molecule has 0 aliphatic carbocycles. The predicted octanol–water partition coefficient (Wildman–Crippen LogP) is 3.51. The molecule has 1 aromatic heterocycles. The number of hydrogen-bond donors (Lipinski definition) is 2. The van der Waals surface area contributed by atoms with Gasteiger partial charge in [0.15, 0.2) is 0 Å². The van der Waals surface area contributed by atoms with E-state index in [4.69, 9.17) is 0 Å². The highest BCUT2D eigenvalue weighted by Gasteiger charge is 2.58. The topological polar surface area (TPSA) is 65.5 Å². The molecule has 1 aliphatic rings. The lowest BCUT2D eigenvalue weighted by Crippen LogP contribution is -2.46. The molecule has 28 heavy (non-hydrogen) atoms. The summed E-state index contributed by atoms with van der Waals surface area (Å²) >= 11 is 0.688. The van der Waals surface area contributed by atoms with Crippen molar-refractivity contribution >= 4 is 22.9 Å². The average Bonchev–Trinajstić information content (AvgIpc) is 3.31. The van der Waals surface area contributed by atoms with Crippen LogP contribution in [0, 0.1) is 6.92 Å². The van der Waals surface area contributed by atoms with Crippen molar-refractivity contribution in [2.75, 3.05) is 18.0 Å². The molecule has 0 spiro atoms. The van der Waals surface area contributed by atoms with E-state index in [1.165, 1.54) is 25.1 Å². The van der Waals surface area contributed by atoms with E-state index in [1.54, 1.807) is 0 Å². The van der Waals surface area contributed by atoms with Crippen LogP contribution in [0.1, 0.15) is 35.5 Å². The van der Waals surface area contributed by atoms with Crippen LogP contribution in [0.25, 0.3) is 0 Å². The Morgan fingerprint density at radius 2 is 1.89 bits per heavy atom. The van der Waals surface area contributed by atoms with Crippen LogP contribution in [0.3, 0.4) is 0 Å². The number of aliphatic hydroxyl groups is 1. The minimum absolute atomic E-state index is 0.0872. The largest absolute Gasteiger partial charge is 0.424 e. The van der Waals surface area contributed by atoms with E-state index in [2.05, 4.69) is 15.2 Å². The molecule has 152 valence electrons. The van der Waals surface area contributed by atoms with E-state index in [9.17, 15) is 23.1 Å². The van der Waals surface area contributed by atoms with Crippen molar-refractivity contribution in [1.82, 2.24) is 10.3 Å². The summed E-state index contributed by atoms with van der Waals surface area (Å²) in [6.45, 7) is 3.65. The number of rotatable bonds is 6. The SMILES string of the molecule is Cc1csc(C(O)(CC(=O)NCc2ccc(N3CCCC3)cc2)C(F)(F)F)n1. The van der Waals surface area contributed by atoms with E-state index < -0.39 is 29.1 Å². The van der Waals surface area contributed by atoms with Gasteiger partial charge in [-0.3, -0.25) is 4.79 Å². The van der Waals surface area contributed by atoms with Crippen molar-refractivity contribution in [3.63, 3.8) is 0 Å². The smallest absolute Gasteiger partial charge is 0.374 e. The molecule has 1 saturated heterocycles. The molecule has 2 aromatic rings. The number of carbonyl (C=O) groups is 1. The number of benzene rings is 1. The van der Waals surface area contributed by atoms with Crippen LogP contribution in [0.5, 0.6) is 0 Å². The summed E-state index contributed by atoms with van der Waals surface area (Å²) in [4.78, 5) is 18.1. The molecular formula is C19H22F3N3O2S. The van der Waals surface area contributed by atoms with Gasteiger partial charge in [0.05, 0.1) is 6.42 Å². The first-order valence-corrected chi connectivity index (χ1v) is 9.89. The third kappa shape index (κ3) is 4.47. The Kier molecular flexibility index (Phi) is 5.95. The van der Waals surface area contributed by atoms with Crippen molar-refractivity contribution in [3.8, 4) is 0 Å². The van der Waals surface area contributed by atoms with Crippen LogP contribution in [-0.2, 0) is 16.9 Å². The Bertz CT molecular complexity index is 817. The van der Waals surface area contributed by atoms with Crippen molar-refractivity contribution in [2.45, 2.75) is 44.5 Å². The number of hydrogen-bond acceptors (Lipinski definition) is 5. The van der Waals surface area contributed by atoms with Crippen LogP contribution in [0.4, 0.5) is 18.9 Å². The quantitative estimate of drug-likeness (QED) is 0.761. The number of halogens is 3. The summed E-state index contributed by atoms with van der Waals surface area (Å²) < 4.78 is 40.3. The lowest BCUT2D eigenvalue weighted by atomic mass is 9.99. The molecule has 1 aliphatic heterocycles. The number of aryl methyl sites for hydroxylation is 1. The molecule has 5 nitrogen and oxygen atoms in total. The maximum Gasteiger partial charge on any atom is 0.424 e. The molecule has 2 heterocycles. The Morgan fingerprint density at radius 1 is 1.25 bits per heavy atom. The van der Waals surface area contributed by atoms with E-state index in [0.29, 0.717) is 17.0 Å². The molecule has 0 bridgehead atoms. The minimum Gasteiger partial charge on any atom is -0.374 e. The number of carbonyl (C=O) groups excluding carboxylic acids is 1. The van der Waals surface area contributed by atoms with Crippen molar-refractivity contribution < 1.29 is 23.1 Å². The number of aromatic nitrogens is 1. The van der Waals surface area contributed by atoms with Crippen molar-refractivity contribution in [1.29, 1.82) is 0 Å². The third-order valence-corrected chi connectivity index (χ3v) is 5.87. The highest BCUT2D eigenvalue weighted by atomic mass is 32.1. The molecule has 0 radical (unpaired) electrons. The molecule has 2 N–H and O–H groups in total. The number of nitrogens with zero attached hydrogens (tertiary/aromatic N) is 2. The number of nitrogens with one attached hydrogen (secondary N) is 1. The van der Waals surface area contributed by atoms with Gasteiger partial charge in [-0.2, -0.15) is 13.2 Å². The standard InChI is InChI=1S/C19H22F3N3O2S/c1-13-12-28-17(24-13)18(27,19(20,21)22)10-16(26)23-11-14-4-6-15(7-5-14)25-8-2-3-9-25/h4-7,12,27H,2-3,8-11H2,1H3,(H,23,26). The molecule has 3 rings (SSSR count). The van der Waals surface area contributed by atoms with E-state index >= 15 is 0 Å². The second-order valence-corrected chi connectivity index (χ2v) is 7.82. The van der Waals surface area contributed by atoms with E-state index in [1.807, 2.05) is 24.3 Å². The van der Waals surface area contributed by atoms with Crippen LogP contribution in [0.2, 0.25) is 0 Å². The second kappa shape index (κ2) is 8.08. The van der Waals surface area contributed by atoms with Gasteiger partial charge in [-0.1, -0.05) is 12.1 Å². The molecular weight excluding hydrogens is 391 g/mol. The van der Waals surface area contributed by atoms with Crippen LogP contribution in [-0.4, -0.2) is 35.3 Å². The van der Waals surface area contributed by atoms with Crippen molar-refractivity contribution in [2.24, 2.45) is 0 Å². The van der Waals surface area contributed by atoms with Gasteiger partial charge in [-0.25, -0.2) is 4.98 Å². The normalized spacial score (nSPS) is 16.8. The highest BCUT2D eigenvalue weighted by Crippen LogP contribution is 2.42. The van der Waals surface area contributed by atoms with Crippen molar-refractivity contribution in [3.05, 3.63) is 45.9 Å². The zero-order valence-corrected chi connectivity index (χ0v) is 16.2. The zero-order chi connectivity index (χ0) is 20.4. The van der Waals surface area contributed by atoms with Gasteiger partial charge in [0.2, 0.25) is 11.5 Å². The predicted molar refractivity (Wildman–Crippen MR) is 101 cm³/mol. The van der Waals surface area contributed by atoms with Crippen LogP contribution in [0.15, 0.2) is 29.6 Å². The first-order valence-electron chi connectivity index (χ1n) is 9.01. The molecule has 1 unspecified atom stereocenters. The molecule has 0 saturated carbocycles. The summed E-state index contributed by atoms with van der Waals surface area (Å²) in [6, 6.07) is 7.57. The Balaban J connectivity index is 1.62. The van der Waals surface area contributed by atoms with Gasteiger partial charge in [0, 0.05) is 36.4 Å². The lowest BCUT2D eigenvalue weighted by Gasteiger charge is -2.27. The first-order chi connectivity index (χ1) is 13.2. The molecule has 1 aromatic carbocycles. The molecule has 9 heteroatoms. The maximum atomic E-state index is 13.4. The first kappa shape index (κ1) is 20.6. The number of alkyl halides is 3. The van der Waals surface area contributed by atoms with Gasteiger partial charge in [-0.05, 0) is 37.5 Å². The van der Waals surface area contributed by atoms with Gasteiger partial charge < -0.3 is 15.3 Å². The summed E-state index contributed by atoms with van der Waals surface area (Å²) in [5.41, 5.74) is -1.06. The zero-order valence-electron chi connectivity index (χ0n) is 15.4. The monoisotopic (exact) mass is 413 g/mol. The van der Waals surface area contributed by atoms with Gasteiger partial charge in [0.25, 0.3) is 0 Å². The maximum absolute atomic E-state index is 13.4. The number of thiazole rings is 1. The summed E-state index contributed by atoms with van der Waals surface area (Å²) in [5, 5.41) is 13.6. The average molecular weight is 413 g/mol. The van der Waals surface area contributed by atoms with Gasteiger partial charge in [0.1, 0.15) is 5.01 Å². The van der Waals surface area contributed by atoms with Crippen LogP contribution < -0.4 is 10.2 Å². The number of amides is 1. The van der Waals surface area contributed by atoms with E-state index in [0.717, 1.165) is 24.3 Å². The van der Waals surface area contributed by atoms with Gasteiger partial charge in [-0.15, -0.1) is 11.3 Å². The van der Waals surface area contributed by atoms with Gasteiger partial charge >= 0.3 is 6.18 Å². The fourth-order valence-corrected chi connectivity index (χ4v) is 4.05. The molecule has 1 amide bonds. The fourth-order valence-electron chi connectivity index (χ4n) is 3.14. The minimum atomic E-state index is -5.01. The Morgan fingerprint density at radius 3 is 2.43 bits per heavy atom. The lowest BCUT2D eigenvalue weighted by molar-refractivity contribution is -0.267.